The number of amides is 2. The average molecular weight is 399 g/mol. The zero-order valence-electron chi connectivity index (χ0n) is 17.7. The van der Waals surface area contributed by atoms with Crippen molar-refractivity contribution in [1.82, 2.24) is 20.2 Å². The highest BCUT2D eigenvalue weighted by molar-refractivity contribution is 5.83. The van der Waals surface area contributed by atoms with Crippen LogP contribution in [-0.2, 0) is 29.0 Å². The number of rotatable bonds is 5. The molecule has 2 amide bonds. The third-order valence-electron chi connectivity index (χ3n) is 6.93. The van der Waals surface area contributed by atoms with Gasteiger partial charge in [-0.25, -0.2) is 9.97 Å². The molecule has 1 atom stereocenters. The van der Waals surface area contributed by atoms with Gasteiger partial charge in [0.2, 0.25) is 11.8 Å². The SMILES string of the molecule is Cc1nc(CNC(=O)C2CCC(=O)N(CC3CCCCC3)C2)nc2c1CCCC2. The standard InChI is InChI=1S/C23H34N4O2/c1-16-19-9-5-6-10-20(19)26-21(25-16)13-24-23(29)18-11-12-22(28)27(15-18)14-17-7-3-2-4-8-17/h17-18H,2-15H2,1H3,(H,24,29). The summed E-state index contributed by atoms with van der Waals surface area (Å²) in [6.07, 6.45) is 11.9. The summed E-state index contributed by atoms with van der Waals surface area (Å²) in [5, 5.41) is 3.04. The van der Waals surface area contributed by atoms with Crippen LogP contribution >= 0.6 is 0 Å². The van der Waals surface area contributed by atoms with Gasteiger partial charge < -0.3 is 10.2 Å². The Morgan fingerprint density at radius 2 is 1.83 bits per heavy atom. The van der Waals surface area contributed by atoms with Crippen molar-refractivity contribution in [3.63, 3.8) is 0 Å². The number of carbonyl (C=O) groups is 2. The molecular weight excluding hydrogens is 364 g/mol. The molecule has 158 valence electrons. The van der Waals surface area contributed by atoms with E-state index in [1.807, 2.05) is 11.8 Å². The molecule has 2 aliphatic carbocycles. The van der Waals surface area contributed by atoms with E-state index < -0.39 is 0 Å². The number of nitrogens with one attached hydrogen (secondary N) is 1. The summed E-state index contributed by atoms with van der Waals surface area (Å²) in [4.78, 5) is 36.4. The number of likely N-dealkylation sites (tertiary alicyclic amines) is 1. The van der Waals surface area contributed by atoms with Gasteiger partial charge in [0, 0.05) is 30.9 Å². The molecule has 29 heavy (non-hydrogen) atoms. The minimum atomic E-state index is -0.116. The number of aryl methyl sites for hydroxylation is 2. The Hall–Kier alpha value is -1.98. The molecule has 1 aliphatic heterocycles. The van der Waals surface area contributed by atoms with Gasteiger partial charge in [0.1, 0.15) is 5.82 Å². The van der Waals surface area contributed by atoms with E-state index in [1.165, 1.54) is 50.5 Å². The van der Waals surface area contributed by atoms with Crippen molar-refractivity contribution in [1.29, 1.82) is 0 Å². The van der Waals surface area contributed by atoms with Crippen LogP contribution in [0.15, 0.2) is 0 Å². The highest BCUT2D eigenvalue weighted by Gasteiger charge is 2.31. The van der Waals surface area contributed by atoms with Gasteiger partial charge in [-0.3, -0.25) is 9.59 Å². The maximum absolute atomic E-state index is 12.8. The third kappa shape index (κ3) is 4.96. The van der Waals surface area contributed by atoms with Crippen molar-refractivity contribution < 1.29 is 9.59 Å². The van der Waals surface area contributed by atoms with E-state index in [4.69, 9.17) is 4.98 Å². The summed E-state index contributed by atoms with van der Waals surface area (Å²) in [7, 11) is 0. The van der Waals surface area contributed by atoms with Crippen molar-refractivity contribution in [2.45, 2.75) is 84.1 Å². The lowest BCUT2D eigenvalue weighted by molar-refractivity contribution is -0.139. The molecule has 4 rings (SSSR count). The van der Waals surface area contributed by atoms with Crippen LogP contribution < -0.4 is 5.32 Å². The summed E-state index contributed by atoms with van der Waals surface area (Å²) < 4.78 is 0. The van der Waals surface area contributed by atoms with E-state index >= 15 is 0 Å². The molecule has 1 unspecified atom stereocenters. The van der Waals surface area contributed by atoms with Crippen LogP contribution in [0.3, 0.4) is 0 Å². The van der Waals surface area contributed by atoms with Crippen LogP contribution in [0.2, 0.25) is 0 Å². The Morgan fingerprint density at radius 3 is 2.66 bits per heavy atom. The number of hydrogen-bond donors (Lipinski definition) is 1. The summed E-state index contributed by atoms with van der Waals surface area (Å²) in [6.45, 7) is 3.81. The average Bonchev–Trinajstić information content (AvgIpc) is 2.74. The number of nitrogens with zero attached hydrogens (tertiary/aromatic N) is 3. The number of hydrogen-bond acceptors (Lipinski definition) is 4. The van der Waals surface area contributed by atoms with Crippen molar-refractivity contribution in [3.05, 3.63) is 22.8 Å². The summed E-state index contributed by atoms with van der Waals surface area (Å²) >= 11 is 0. The number of carbonyl (C=O) groups excluding carboxylic acids is 2. The minimum Gasteiger partial charge on any atom is -0.349 e. The van der Waals surface area contributed by atoms with Crippen molar-refractivity contribution in [2.24, 2.45) is 11.8 Å². The molecule has 2 heterocycles. The molecule has 2 fully saturated rings. The molecule has 0 spiro atoms. The largest absolute Gasteiger partial charge is 0.349 e. The smallest absolute Gasteiger partial charge is 0.225 e. The van der Waals surface area contributed by atoms with Crippen LogP contribution in [0.25, 0.3) is 0 Å². The zero-order chi connectivity index (χ0) is 20.2. The monoisotopic (exact) mass is 398 g/mol. The van der Waals surface area contributed by atoms with Gasteiger partial charge in [-0.1, -0.05) is 19.3 Å². The summed E-state index contributed by atoms with van der Waals surface area (Å²) in [6, 6.07) is 0. The van der Waals surface area contributed by atoms with Gasteiger partial charge in [0.15, 0.2) is 0 Å². The molecule has 3 aliphatic rings. The molecule has 1 N–H and O–H groups in total. The lowest BCUT2D eigenvalue weighted by atomic mass is 9.87. The van der Waals surface area contributed by atoms with E-state index in [2.05, 4.69) is 10.3 Å². The number of piperidine rings is 1. The predicted octanol–water partition coefficient (Wildman–Crippen LogP) is 3.10. The minimum absolute atomic E-state index is 0.0325. The molecular formula is C23H34N4O2. The first-order valence-electron chi connectivity index (χ1n) is 11.5. The Balaban J connectivity index is 1.32. The van der Waals surface area contributed by atoms with E-state index in [9.17, 15) is 9.59 Å². The normalized spacial score (nSPS) is 23.0. The Labute approximate surface area is 173 Å². The maximum Gasteiger partial charge on any atom is 0.225 e. The molecule has 6 nitrogen and oxygen atoms in total. The van der Waals surface area contributed by atoms with Crippen LogP contribution in [0.5, 0.6) is 0 Å². The van der Waals surface area contributed by atoms with Gasteiger partial charge in [0.25, 0.3) is 0 Å². The second kappa shape index (κ2) is 9.23. The van der Waals surface area contributed by atoms with Crippen molar-refractivity contribution in [3.8, 4) is 0 Å². The van der Waals surface area contributed by atoms with E-state index in [0.29, 0.717) is 37.7 Å². The third-order valence-corrected chi connectivity index (χ3v) is 6.93. The van der Waals surface area contributed by atoms with Crippen LogP contribution in [0.4, 0.5) is 0 Å². The first kappa shape index (κ1) is 20.3. The molecule has 0 bridgehead atoms. The zero-order valence-corrected chi connectivity index (χ0v) is 17.7. The lowest BCUT2D eigenvalue weighted by Gasteiger charge is -2.35. The Morgan fingerprint density at radius 1 is 1.03 bits per heavy atom. The summed E-state index contributed by atoms with van der Waals surface area (Å²) in [5.74, 6) is 1.46. The van der Waals surface area contributed by atoms with E-state index in [1.54, 1.807) is 0 Å². The fourth-order valence-corrected chi connectivity index (χ4v) is 5.22. The van der Waals surface area contributed by atoms with E-state index in [-0.39, 0.29) is 17.7 Å². The Bertz CT molecular complexity index is 757. The van der Waals surface area contributed by atoms with E-state index in [0.717, 1.165) is 30.8 Å². The first-order chi connectivity index (χ1) is 14.1. The van der Waals surface area contributed by atoms with Gasteiger partial charge in [-0.2, -0.15) is 0 Å². The molecule has 6 heteroatoms. The highest BCUT2D eigenvalue weighted by Crippen LogP contribution is 2.27. The Kier molecular flexibility index (Phi) is 6.46. The van der Waals surface area contributed by atoms with Gasteiger partial charge in [-0.15, -0.1) is 0 Å². The van der Waals surface area contributed by atoms with Crippen molar-refractivity contribution in [2.75, 3.05) is 13.1 Å². The van der Waals surface area contributed by atoms with Crippen LogP contribution in [0, 0.1) is 18.8 Å². The molecule has 0 radical (unpaired) electrons. The predicted molar refractivity (Wildman–Crippen MR) is 111 cm³/mol. The second-order valence-corrected chi connectivity index (χ2v) is 9.11. The molecule has 0 aromatic carbocycles. The molecule has 1 saturated carbocycles. The molecule has 1 aromatic rings. The maximum atomic E-state index is 12.8. The van der Waals surface area contributed by atoms with Crippen LogP contribution in [-0.4, -0.2) is 39.8 Å². The van der Waals surface area contributed by atoms with Gasteiger partial charge in [-0.05, 0) is 63.4 Å². The quantitative estimate of drug-likeness (QED) is 0.827. The van der Waals surface area contributed by atoms with Crippen LogP contribution in [0.1, 0.15) is 80.6 Å². The second-order valence-electron chi connectivity index (χ2n) is 9.11. The molecule has 1 aromatic heterocycles. The lowest BCUT2D eigenvalue weighted by Crippen LogP contribution is -2.47. The van der Waals surface area contributed by atoms with Gasteiger partial charge >= 0.3 is 0 Å². The summed E-state index contributed by atoms with van der Waals surface area (Å²) in [5.41, 5.74) is 3.52. The highest BCUT2D eigenvalue weighted by atomic mass is 16.2. The van der Waals surface area contributed by atoms with Gasteiger partial charge in [0.05, 0.1) is 12.5 Å². The van der Waals surface area contributed by atoms with Crippen molar-refractivity contribution >= 4 is 11.8 Å². The number of fused-ring (bicyclic) bond motifs is 1. The molecule has 1 saturated heterocycles. The topological polar surface area (TPSA) is 75.2 Å². The number of aromatic nitrogens is 2. The first-order valence-corrected chi connectivity index (χ1v) is 11.5. The fraction of sp³-hybridized carbons (Fsp3) is 0.739. The fourth-order valence-electron chi connectivity index (χ4n) is 5.22.